The molecule has 1 N–H and O–H groups in total. The molecule has 1 aromatic carbocycles. The summed E-state index contributed by atoms with van der Waals surface area (Å²) in [5, 5.41) is 3.05. The molecule has 0 spiro atoms. The smallest absolute Gasteiger partial charge is 0.341 e. The summed E-state index contributed by atoms with van der Waals surface area (Å²) >= 11 is 1.09. The number of anilines is 1. The van der Waals surface area contributed by atoms with Crippen LogP contribution in [0.1, 0.15) is 71.3 Å². The molecule has 0 aliphatic carbocycles. The molecule has 7 heteroatoms. The van der Waals surface area contributed by atoms with Gasteiger partial charge in [0, 0.05) is 19.2 Å². The fourth-order valence-electron chi connectivity index (χ4n) is 3.23. The molecule has 0 saturated heterocycles. The average molecular weight is 457 g/mol. The van der Waals surface area contributed by atoms with Crippen molar-refractivity contribution in [1.82, 2.24) is 4.90 Å². The third-order valence-electron chi connectivity index (χ3n) is 5.22. The number of nitrogens with one attached hydrogen (secondary N) is 1. The molecule has 0 unspecified atom stereocenters. The summed E-state index contributed by atoms with van der Waals surface area (Å²) in [6.07, 6.45) is 3.12. The predicted molar refractivity (Wildman–Crippen MR) is 130 cm³/mol. The van der Waals surface area contributed by atoms with Crippen molar-refractivity contribution < 1.29 is 19.1 Å². The molecule has 0 aliphatic heterocycles. The number of carbonyl (C=O) groups excluding carboxylic acids is 3. The van der Waals surface area contributed by atoms with E-state index in [1.165, 1.54) is 18.7 Å². The lowest BCUT2D eigenvalue weighted by atomic mass is 9.87. The number of carbonyl (C=O) groups is 3. The number of amides is 2. The Kier molecular flexibility index (Phi) is 8.38. The average Bonchev–Trinajstić information content (AvgIpc) is 3.07. The molecule has 1 aromatic heterocycles. The maximum Gasteiger partial charge on any atom is 0.341 e. The van der Waals surface area contributed by atoms with Gasteiger partial charge < -0.3 is 15.0 Å². The van der Waals surface area contributed by atoms with Gasteiger partial charge in [-0.1, -0.05) is 45.0 Å². The van der Waals surface area contributed by atoms with E-state index in [2.05, 4.69) is 26.1 Å². The summed E-state index contributed by atoms with van der Waals surface area (Å²) in [5.74, 6) is -1.15. The van der Waals surface area contributed by atoms with E-state index in [0.717, 1.165) is 16.9 Å². The normalized spacial score (nSPS) is 11.5. The van der Waals surface area contributed by atoms with Gasteiger partial charge in [0.25, 0.3) is 5.91 Å². The SMILES string of the molecule is CCN(CC)C(=O)c1sc(NC(=O)/C=C/c2ccc(C(C)(C)C)cc2)c(C(=O)OC)c1C. The third kappa shape index (κ3) is 5.85. The van der Waals surface area contributed by atoms with Gasteiger partial charge in [-0.25, -0.2) is 4.79 Å². The molecule has 0 saturated carbocycles. The lowest BCUT2D eigenvalue weighted by Crippen LogP contribution is -2.30. The number of benzene rings is 1. The molecule has 0 radical (unpaired) electrons. The zero-order chi connectivity index (χ0) is 24.1. The second kappa shape index (κ2) is 10.6. The Hall–Kier alpha value is -2.93. The second-order valence-electron chi connectivity index (χ2n) is 8.42. The van der Waals surface area contributed by atoms with Gasteiger partial charge >= 0.3 is 5.97 Å². The van der Waals surface area contributed by atoms with Gasteiger partial charge in [0.15, 0.2) is 0 Å². The first-order valence-corrected chi connectivity index (χ1v) is 11.5. The van der Waals surface area contributed by atoms with Crippen LogP contribution in [0, 0.1) is 6.92 Å². The van der Waals surface area contributed by atoms with Gasteiger partial charge in [-0.05, 0) is 49.0 Å². The van der Waals surface area contributed by atoms with Crippen LogP contribution in [0.5, 0.6) is 0 Å². The molecule has 2 rings (SSSR count). The summed E-state index contributed by atoms with van der Waals surface area (Å²) < 4.78 is 4.89. The van der Waals surface area contributed by atoms with Gasteiger partial charge in [0.2, 0.25) is 5.91 Å². The maximum atomic E-state index is 12.9. The van der Waals surface area contributed by atoms with Crippen molar-refractivity contribution in [2.75, 3.05) is 25.5 Å². The summed E-state index contributed by atoms with van der Waals surface area (Å²) in [6.45, 7) is 13.0. The molecule has 6 nitrogen and oxygen atoms in total. The van der Waals surface area contributed by atoms with Gasteiger partial charge in [0.05, 0.1) is 17.6 Å². The van der Waals surface area contributed by atoms with Crippen LogP contribution in [0.3, 0.4) is 0 Å². The van der Waals surface area contributed by atoms with Crippen molar-refractivity contribution in [2.45, 2.75) is 47.0 Å². The minimum absolute atomic E-state index is 0.0568. The van der Waals surface area contributed by atoms with E-state index in [0.29, 0.717) is 28.5 Å². The minimum atomic E-state index is -0.589. The Labute approximate surface area is 194 Å². The number of nitrogens with zero attached hydrogens (tertiary/aromatic N) is 1. The Balaban J connectivity index is 2.28. The van der Waals surface area contributed by atoms with Crippen molar-refractivity contribution in [3.63, 3.8) is 0 Å². The highest BCUT2D eigenvalue weighted by Gasteiger charge is 2.27. The molecule has 1 heterocycles. The molecular formula is C25H32N2O4S. The molecule has 0 bridgehead atoms. The third-order valence-corrected chi connectivity index (χ3v) is 6.42. The first-order valence-electron chi connectivity index (χ1n) is 10.6. The highest BCUT2D eigenvalue weighted by molar-refractivity contribution is 7.18. The summed E-state index contributed by atoms with van der Waals surface area (Å²) in [4.78, 5) is 39.9. The maximum absolute atomic E-state index is 12.9. The largest absolute Gasteiger partial charge is 0.465 e. The number of thiophene rings is 1. The molecule has 2 amide bonds. The van der Waals surface area contributed by atoms with E-state index in [-0.39, 0.29) is 16.9 Å². The second-order valence-corrected chi connectivity index (χ2v) is 9.44. The Bertz CT molecular complexity index is 1010. The number of ether oxygens (including phenoxy) is 1. The molecule has 0 fully saturated rings. The molecular weight excluding hydrogens is 424 g/mol. The highest BCUT2D eigenvalue weighted by atomic mass is 32.1. The monoisotopic (exact) mass is 456 g/mol. The van der Waals surface area contributed by atoms with Crippen molar-refractivity contribution in [3.8, 4) is 0 Å². The van der Waals surface area contributed by atoms with Gasteiger partial charge in [-0.15, -0.1) is 11.3 Å². The van der Waals surface area contributed by atoms with E-state index in [1.54, 1.807) is 17.9 Å². The van der Waals surface area contributed by atoms with Gasteiger partial charge in [-0.3, -0.25) is 9.59 Å². The molecule has 172 valence electrons. The van der Waals surface area contributed by atoms with Crippen molar-refractivity contribution >= 4 is 40.2 Å². The van der Waals surface area contributed by atoms with Crippen molar-refractivity contribution in [2.24, 2.45) is 0 Å². The number of rotatable bonds is 7. The van der Waals surface area contributed by atoms with Crippen LogP contribution in [-0.4, -0.2) is 42.9 Å². The van der Waals surface area contributed by atoms with E-state index < -0.39 is 11.9 Å². The van der Waals surface area contributed by atoms with Gasteiger partial charge in [0.1, 0.15) is 5.00 Å². The number of methoxy groups -OCH3 is 1. The summed E-state index contributed by atoms with van der Waals surface area (Å²) in [5.41, 5.74) is 2.88. The quantitative estimate of drug-likeness (QED) is 0.455. The Morgan fingerprint density at radius 1 is 1.09 bits per heavy atom. The van der Waals surface area contributed by atoms with E-state index in [1.807, 2.05) is 38.1 Å². The van der Waals surface area contributed by atoms with Crippen LogP contribution >= 0.6 is 11.3 Å². The van der Waals surface area contributed by atoms with E-state index >= 15 is 0 Å². The zero-order valence-corrected chi connectivity index (χ0v) is 20.7. The fraction of sp³-hybridized carbons (Fsp3) is 0.400. The zero-order valence-electron chi connectivity index (χ0n) is 19.9. The molecule has 2 aromatic rings. The first kappa shape index (κ1) is 25.3. The number of hydrogen-bond donors (Lipinski definition) is 1. The summed E-state index contributed by atoms with van der Waals surface area (Å²) in [7, 11) is 1.28. The van der Waals surface area contributed by atoms with Crippen LogP contribution in [0.2, 0.25) is 0 Å². The van der Waals surface area contributed by atoms with Crippen LogP contribution in [-0.2, 0) is 14.9 Å². The number of hydrogen-bond acceptors (Lipinski definition) is 5. The summed E-state index contributed by atoms with van der Waals surface area (Å²) in [6, 6.07) is 8.00. The van der Waals surface area contributed by atoms with Crippen LogP contribution < -0.4 is 5.32 Å². The lowest BCUT2D eigenvalue weighted by molar-refractivity contribution is -0.111. The molecule has 0 atom stereocenters. The van der Waals surface area contributed by atoms with Crippen LogP contribution in [0.25, 0.3) is 6.08 Å². The lowest BCUT2D eigenvalue weighted by Gasteiger charge is -2.18. The first-order chi connectivity index (χ1) is 15.0. The molecule has 0 aliphatic rings. The van der Waals surface area contributed by atoms with E-state index in [9.17, 15) is 14.4 Å². The Morgan fingerprint density at radius 3 is 2.19 bits per heavy atom. The topological polar surface area (TPSA) is 75.7 Å². The molecule has 32 heavy (non-hydrogen) atoms. The number of esters is 1. The minimum Gasteiger partial charge on any atom is -0.465 e. The predicted octanol–water partition coefficient (Wildman–Crippen LogP) is 5.27. The van der Waals surface area contributed by atoms with Crippen molar-refractivity contribution in [3.05, 3.63) is 57.5 Å². The van der Waals surface area contributed by atoms with Gasteiger partial charge in [-0.2, -0.15) is 0 Å². The van der Waals surface area contributed by atoms with E-state index in [4.69, 9.17) is 4.74 Å². The highest BCUT2D eigenvalue weighted by Crippen LogP contribution is 2.34. The van der Waals surface area contributed by atoms with Crippen LogP contribution in [0.4, 0.5) is 5.00 Å². The Morgan fingerprint density at radius 2 is 1.69 bits per heavy atom. The fourth-order valence-corrected chi connectivity index (χ4v) is 4.39. The van der Waals surface area contributed by atoms with Crippen LogP contribution in [0.15, 0.2) is 30.3 Å². The van der Waals surface area contributed by atoms with Crippen molar-refractivity contribution in [1.29, 1.82) is 0 Å². The standard InChI is InChI=1S/C25H32N2O4S/c1-8-27(9-2)23(29)21-16(3)20(24(30)31-7)22(32-21)26-19(28)15-12-17-10-13-18(14-11-17)25(4,5)6/h10-15H,8-9H2,1-7H3,(H,26,28)/b15-12+.